The molecule has 0 saturated carbocycles. The van der Waals surface area contributed by atoms with Crippen molar-refractivity contribution in [3.63, 3.8) is 0 Å². The lowest BCUT2D eigenvalue weighted by Crippen LogP contribution is -2.43. The maximum atomic E-state index is 15.0. The van der Waals surface area contributed by atoms with Gasteiger partial charge in [-0.2, -0.15) is 0 Å². The number of hydrogen-bond acceptors (Lipinski definition) is 4. The molecule has 3 aromatic rings. The summed E-state index contributed by atoms with van der Waals surface area (Å²) in [6, 6.07) is 15.0. The summed E-state index contributed by atoms with van der Waals surface area (Å²) in [7, 11) is 1.96. The highest BCUT2D eigenvalue weighted by Crippen LogP contribution is 2.40. The lowest BCUT2D eigenvalue weighted by atomic mass is 9.86. The molecule has 0 aromatic heterocycles. The Labute approximate surface area is 234 Å². The molecular formula is C28H31ClF4O3SSi. The molecule has 0 bridgehead atoms. The van der Waals surface area contributed by atoms with Gasteiger partial charge in [-0.25, -0.2) is 17.6 Å². The zero-order chi connectivity index (χ0) is 28.7. The molecular weight excluding hydrogens is 556 g/mol. The second-order valence-corrected chi connectivity index (χ2v) is 13.0. The van der Waals surface area contributed by atoms with E-state index in [2.05, 4.69) is 12.6 Å². The van der Waals surface area contributed by atoms with Crippen LogP contribution in [0, 0.1) is 23.3 Å². The highest BCUT2D eigenvalue weighted by Gasteiger charge is 2.37. The van der Waals surface area contributed by atoms with E-state index in [4.69, 9.17) is 26.2 Å². The van der Waals surface area contributed by atoms with Crippen LogP contribution >= 0.6 is 24.2 Å². The Balaban J connectivity index is 1.82. The predicted octanol–water partition coefficient (Wildman–Crippen LogP) is 8.04. The van der Waals surface area contributed by atoms with Crippen LogP contribution in [0.1, 0.15) is 47.8 Å². The Morgan fingerprint density at radius 3 is 1.84 bits per heavy atom. The number of alkyl halides is 1. The average Bonchev–Trinajstić information content (AvgIpc) is 2.95. The topological polar surface area (TPSA) is 27.7 Å². The molecule has 3 aromatic carbocycles. The van der Waals surface area contributed by atoms with Crippen molar-refractivity contribution in [3.8, 4) is 0 Å². The second kappa shape index (κ2) is 14.0. The quantitative estimate of drug-likeness (QED) is 0.0720. The largest absolute Gasteiger partial charge is 0.500 e. The number of rotatable bonds is 13. The summed E-state index contributed by atoms with van der Waals surface area (Å²) < 4.78 is 82.8. The highest BCUT2D eigenvalue weighted by molar-refractivity contribution is 7.80. The van der Waals surface area contributed by atoms with Crippen LogP contribution in [0.5, 0.6) is 0 Å². The van der Waals surface area contributed by atoms with Crippen LogP contribution < -0.4 is 0 Å². The third-order valence-electron chi connectivity index (χ3n) is 6.74. The third kappa shape index (κ3) is 7.19. The first-order valence-electron chi connectivity index (χ1n) is 12.5. The van der Waals surface area contributed by atoms with Crippen molar-refractivity contribution in [2.24, 2.45) is 0 Å². The molecule has 3 nitrogen and oxygen atoms in total. The fourth-order valence-electron chi connectivity index (χ4n) is 4.44. The first-order valence-corrected chi connectivity index (χ1v) is 14.9. The van der Waals surface area contributed by atoms with Crippen molar-refractivity contribution in [3.05, 3.63) is 100 Å². The van der Waals surface area contributed by atoms with Crippen LogP contribution in [0.3, 0.4) is 0 Å². The zero-order valence-electron chi connectivity index (χ0n) is 22.4. The SMILES string of the molecule is [3H]c1ccc(C(Cl)CC(CCc2ccc(CC[Si](OC)(OC)OC)cc2)c2c(F)c(F)c(S)c(F)c2F)cc1. The molecule has 0 radical (unpaired) electrons. The summed E-state index contributed by atoms with van der Waals surface area (Å²) in [5.41, 5.74) is 1.87. The monoisotopic (exact) mass is 588 g/mol. The summed E-state index contributed by atoms with van der Waals surface area (Å²) in [6.45, 7) is 0. The van der Waals surface area contributed by atoms with Gasteiger partial charge in [0.1, 0.15) is 0 Å². The molecule has 0 fully saturated rings. The van der Waals surface area contributed by atoms with Crippen molar-refractivity contribution in [1.82, 2.24) is 0 Å². The van der Waals surface area contributed by atoms with Crippen molar-refractivity contribution in [2.45, 2.75) is 47.9 Å². The van der Waals surface area contributed by atoms with Crippen molar-refractivity contribution in [1.29, 1.82) is 0 Å². The minimum absolute atomic E-state index is 0.0212. The molecule has 0 aliphatic carbocycles. The van der Waals surface area contributed by atoms with Gasteiger partial charge in [-0.15, -0.1) is 24.2 Å². The minimum atomic E-state index is -2.71. The number of thiol groups is 1. The molecule has 2 atom stereocenters. The van der Waals surface area contributed by atoms with E-state index in [0.29, 0.717) is 24.4 Å². The number of hydrogen-bond donors (Lipinski definition) is 1. The fraction of sp³-hybridized carbons (Fsp3) is 0.357. The highest BCUT2D eigenvalue weighted by atomic mass is 35.5. The summed E-state index contributed by atoms with van der Waals surface area (Å²) in [4.78, 5) is -1.00. The zero-order valence-corrected chi connectivity index (χ0v) is 24.0. The molecule has 38 heavy (non-hydrogen) atoms. The molecule has 0 heterocycles. The molecule has 3 rings (SSSR count). The van der Waals surface area contributed by atoms with E-state index >= 15 is 0 Å². The van der Waals surface area contributed by atoms with E-state index in [9.17, 15) is 17.6 Å². The maximum Gasteiger partial charge on any atom is 0.500 e. The molecule has 0 saturated heterocycles. The normalized spacial score (nSPS) is 13.9. The minimum Gasteiger partial charge on any atom is -0.377 e. The summed E-state index contributed by atoms with van der Waals surface area (Å²) in [5, 5.41) is -0.703. The third-order valence-corrected chi connectivity index (χ3v) is 10.3. The molecule has 2 unspecified atom stereocenters. The van der Waals surface area contributed by atoms with E-state index in [1.165, 1.54) is 0 Å². The molecule has 0 N–H and O–H groups in total. The summed E-state index contributed by atoms with van der Waals surface area (Å²) in [5.74, 6) is -6.93. The Morgan fingerprint density at radius 2 is 1.34 bits per heavy atom. The van der Waals surface area contributed by atoms with Gasteiger partial charge in [0.05, 0.1) is 11.6 Å². The smallest absolute Gasteiger partial charge is 0.377 e. The molecule has 0 aliphatic rings. The Bertz CT molecular complexity index is 1210. The van der Waals surface area contributed by atoms with Gasteiger partial charge in [-0.05, 0) is 48.3 Å². The Hall–Kier alpha value is -1.88. The first-order chi connectivity index (χ1) is 18.6. The average molecular weight is 589 g/mol. The van der Waals surface area contributed by atoms with Gasteiger partial charge in [0.15, 0.2) is 23.3 Å². The molecule has 206 valence electrons. The first kappa shape index (κ1) is 29.1. The van der Waals surface area contributed by atoms with Crippen molar-refractivity contribution < 1.29 is 32.2 Å². The van der Waals surface area contributed by atoms with Gasteiger partial charge >= 0.3 is 8.80 Å². The summed E-state index contributed by atoms with van der Waals surface area (Å²) in [6.07, 6.45) is 1.26. The number of halogens is 5. The molecule has 0 amide bonds. The van der Waals surface area contributed by atoms with Gasteiger partial charge in [-0.3, -0.25) is 0 Å². The van der Waals surface area contributed by atoms with Crippen LogP contribution in [0.4, 0.5) is 17.6 Å². The number of aryl methyl sites for hydroxylation is 2. The summed E-state index contributed by atoms with van der Waals surface area (Å²) >= 11 is 10.2. The van der Waals surface area contributed by atoms with Gasteiger partial charge in [0, 0.05) is 32.9 Å². The van der Waals surface area contributed by atoms with E-state index in [1.54, 1.807) is 45.6 Å². The lowest BCUT2D eigenvalue weighted by molar-refractivity contribution is 0.123. The van der Waals surface area contributed by atoms with Gasteiger partial charge in [0.25, 0.3) is 0 Å². The van der Waals surface area contributed by atoms with Crippen LogP contribution in [-0.4, -0.2) is 30.1 Å². The second-order valence-electron chi connectivity index (χ2n) is 8.90. The van der Waals surface area contributed by atoms with E-state index < -0.39 is 53.8 Å². The maximum absolute atomic E-state index is 15.0. The van der Waals surface area contributed by atoms with Crippen LogP contribution in [0.25, 0.3) is 0 Å². The lowest BCUT2D eigenvalue weighted by Gasteiger charge is -2.24. The van der Waals surface area contributed by atoms with Gasteiger partial charge in [-0.1, -0.05) is 54.6 Å². The van der Waals surface area contributed by atoms with Gasteiger partial charge < -0.3 is 13.3 Å². The van der Waals surface area contributed by atoms with Crippen molar-refractivity contribution >= 4 is 33.0 Å². The molecule has 0 spiro atoms. The van der Waals surface area contributed by atoms with E-state index in [-0.39, 0.29) is 18.9 Å². The standard InChI is InChI=1S/C28H31ClF4O3SSi/c1-34-38(35-2,36-3)16-15-19-11-9-18(10-12-19)13-14-21(17-22(29)20-7-5-4-6-8-20)23-24(30)26(32)28(37)27(33)25(23)31/h4-12,21-22,37H,13-17H2,1-3H3/i4T. The van der Waals surface area contributed by atoms with Crippen molar-refractivity contribution in [2.75, 3.05) is 21.3 Å². The fourth-order valence-corrected chi connectivity index (χ4v) is 6.70. The van der Waals surface area contributed by atoms with Crippen LogP contribution in [0.15, 0.2) is 59.5 Å². The predicted molar refractivity (Wildman–Crippen MR) is 146 cm³/mol. The van der Waals surface area contributed by atoms with E-state index in [1.807, 2.05) is 24.3 Å². The van der Waals surface area contributed by atoms with E-state index in [0.717, 1.165) is 11.1 Å². The van der Waals surface area contributed by atoms with Gasteiger partial charge in [0.2, 0.25) is 0 Å². The van der Waals surface area contributed by atoms with Crippen LogP contribution in [-0.2, 0) is 26.1 Å². The van der Waals surface area contributed by atoms with Crippen LogP contribution in [0.2, 0.25) is 6.04 Å². The Morgan fingerprint density at radius 1 is 0.842 bits per heavy atom. The number of benzene rings is 3. The molecule has 0 aliphatic heterocycles. The Kier molecular flexibility index (Phi) is 10.7. The molecule has 10 heteroatoms.